The molecule has 1 aliphatic rings. The van der Waals surface area contributed by atoms with Crippen molar-refractivity contribution in [3.63, 3.8) is 0 Å². The second-order valence-corrected chi connectivity index (χ2v) is 4.79. The summed E-state index contributed by atoms with van der Waals surface area (Å²) in [6.45, 7) is 5.12. The first-order chi connectivity index (χ1) is 7.68. The third-order valence-electron chi connectivity index (χ3n) is 3.21. The average Bonchev–Trinajstić information content (AvgIpc) is 2.65. The molecule has 1 saturated heterocycles. The highest BCUT2D eigenvalue weighted by Crippen LogP contribution is 2.24. The fraction of sp³-hybridized carbons (Fsp3) is 0.538. The van der Waals surface area contributed by atoms with Crippen molar-refractivity contribution in [2.75, 3.05) is 6.61 Å². The van der Waals surface area contributed by atoms with Crippen LogP contribution in [0, 0.1) is 0 Å². The van der Waals surface area contributed by atoms with Crippen LogP contribution in [0.1, 0.15) is 31.9 Å². The average molecular weight is 240 g/mol. The molecule has 1 heterocycles. The Balaban J connectivity index is 2.03. The molecule has 0 bridgehead atoms. The van der Waals surface area contributed by atoms with Crippen molar-refractivity contribution in [3.05, 3.63) is 34.9 Å². The van der Waals surface area contributed by atoms with Crippen LogP contribution in [0.2, 0.25) is 5.02 Å². The van der Waals surface area contributed by atoms with Crippen LogP contribution in [0.15, 0.2) is 24.3 Å². The molecule has 1 aliphatic heterocycles. The number of ether oxygens (including phenoxy) is 1. The second kappa shape index (κ2) is 5.17. The summed E-state index contributed by atoms with van der Waals surface area (Å²) in [5.41, 5.74) is 1.16. The van der Waals surface area contributed by atoms with Gasteiger partial charge in [-0.1, -0.05) is 29.8 Å². The van der Waals surface area contributed by atoms with E-state index in [-0.39, 0.29) is 6.04 Å². The van der Waals surface area contributed by atoms with E-state index in [0.717, 1.165) is 23.6 Å². The summed E-state index contributed by atoms with van der Waals surface area (Å²) < 4.78 is 5.54. The molecule has 16 heavy (non-hydrogen) atoms. The zero-order valence-electron chi connectivity index (χ0n) is 9.74. The second-order valence-electron chi connectivity index (χ2n) is 4.38. The molecular formula is C13H18ClNO. The Morgan fingerprint density at radius 1 is 1.44 bits per heavy atom. The molecule has 3 atom stereocenters. The fourth-order valence-corrected chi connectivity index (χ4v) is 2.49. The van der Waals surface area contributed by atoms with E-state index in [0.29, 0.717) is 12.1 Å². The summed E-state index contributed by atoms with van der Waals surface area (Å²) in [6, 6.07) is 8.69. The van der Waals surface area contributed by atoms with E-state index in [1.54, 1.807) is 0 Å². The molecule has 0 amide bonds. The topological polar surface area (TPSA) is 21.3 Å². The maximum atomic E-state index is 6.17. The summed E-state index contributed by atoms with van der Waals surface area (Å²) in [6.07, 6.45) is 1.38. The van der Waals surface area contributed by atoms with Gasteiger partial charge in [0.05, 0.1) is 6.10 Å². The third kappa shape index (κ3) is 2.57. The SMILES string of the molecule is CC(NC1CCOC1C)c1ccccc1Cl. The van der Waals surface area contributed by atoms with Gasteiger partial charge in [0.25, 0.3) is 0 Å². The Kier molecular flexibility index (Phi) is 3.85. The summed E-state index contributed by atoms with van der Waals surface area (Å²) in [4.78, 5) is 0. The molecule has 2 rings (SSSR count). The third-order valence-corrected chi connectivity index (χ3v) is 3.56. The zero-order chi connectivity index (χ0) is 11.5. The molecule has 0 aliphatic carbocycles. The minimum absolute atomic E-state index is 0.267. The van der Waals surface area contributed by atoms with E-state index in [2.05, 4.69) is 25.2 Å². The summed E-state index contributed by atoms with van der Waals surface area (Å²) in [7, 11) is 0. The van der Waals surface area contributed by atoms with Gasteiger partial charge in [-0.15, -0.1) is 0 Å². The van der Waals surface area contributed by atoms with E-state index in [1.807, 2.05) is 18.2 Å². The highest BCUT2D eigenvalue weighted by atomic mass is 35.5. The van der Waals surface area contributed by atoms with E-state index in [9.17, 15) is 0 Å². The summed E-state index contributed by atoms with van der Waals surface area (Å²) >= 11 is 6.17. The van der Waals surface area contributed by atoms with Gasteiger partial charge in [0.1, 0.15) is 0 Å². The maximum Gasteiger partial charge on any atom is 0.0700 e. The molecule has 88 valence electrons. The first kappa shape index (κ1) is 11.9. The van der Waals surface area contributed by atoms with Crippen LogP contribution in [0.3, 0.4) is 0 Å². The molecule has 0 aromatic heterocycles. The van der Waals surface area contributed by atoms with Gasteiger partial charge in [-0.3, -0.25) is 0 Å². The lowest BCUT2D eigenvalue weighted by atomic mass is 10.1. The van der Waals surface area contributed by atoms with Crippen LogP contribution in [-0.4, -0.2) is 18.8 Å². The van der Waals surface area contributed by atoms with Crippen LogP contribution in [0.4, 0.5) is 0 Å². The summed E-state index contributed by atoms with van der Waals surface area (Å²) in [5.74, 6) is 0. The van der Waals surface area contributed by atoms with Crippen LogP contribution in [0.25, 0.3) is 0 Å². The molecule has 1 aromatic rings. The van der Waals surface area contributed by atoms with Gasteiger partial charge in [0, 0.05) is 23.7 Å². The van der Waals surface area contributed by atoms with Crippen LogP contribution in [-0.2, 0) is 4.74 Å². The first-order valence-electron chi connectivity index (χ1n) is 5.80. The molecule has 1 aromatic carbocycles. The van der Waals surface area contributed by atoms with Gasteiger partial charge < -0.3 is 10.1 Å². The van der Waals surface area contributed by atoms with Gasteiger partial charge in [0.2, 0.25) is 0 Å². The first-order valence-corrected chi connectivity index (χ1v) is 6.18. The van der Waals surface area contributed by atoms with Crippen molar-refractivity contribution in [3.8, 4) is 0 Å². The predicted molar refractivity (Wildman–Crippen MR) is 66.8 cm³/mol. The van der Waals surface area contributed by atoms with Gasteiger partial charge in [-0.25, -0.2) is 0 Å². The number of hydrogen-bond donors (Lipinski definition) is 1. The number of rotatable bonds is 3. The molecule has 2 nitrogen and oxygen atoms in total. The van der Waals surface area contributed by atoms with Crippen LogP contribution < -0.4 is 5.32 Å². The molecule has 0 spiro atoms. The molecule has 1 fully saturated rings. The zero-order valence-corrected chi connectivity index (χ0v) is 10.5. The Morgan fingerprint density at radius 3 is 2.81 bits per heavy atom. The Labute approximate surface area is 102 Å². The fourth-order valence-electron chi connectivity index (χ4n) is 2.19. The largest absolute Gasteiger partial charge is 0.377 e. The van der Waals surface area contributed by atoms with E-state index >= 15 is 0 Å². The van der Waals surface area contributed by atoms with Crippen molar-refractivity contribution >= 4 is 11.6 Å². The smallest absolute Gasteiger partial charge is 0.0700 e. The van der Waals surface area contributed by atoms with Gasteiger partial charge in [0.15, 0.2) is 0 Å². The van der Waals surface area contributed by atoms with Gasteiger partial charge in [-0.05, 0) is 31.9 Å². The van der Waals surface area contributed by atoms with Crippen LogP contribution in [0.5, 0.6) is 0 Å². The van der Waals surface area contributed by atoms with Crippen molar-refractivity contribution in [1.29, 1.82) is 0 Å². The molecule has 0 saturated carbocycles. The number of halogens is 1. The Hall–Kier alpha value is -0.570. The highest BCUT2D eigenvalue weighted by molar-refractivity contribution is 6.31. The minimum Gasteiger partial charge on any atom is -0.377 e. The van der Waals surface area contributed by atoms with E-state index in [4.69, 9.17) is 16.3 Å². The lowest BCUT2D eigenvalue weighted by Gasteiger charge is -2.22. The molecule has 0 radical (unpaired) electrons. The van der Waals surface area contributed by atoms with Crippen molar-refractivity contribution in [2.45, 2.75) is 38.5 Å². The van der Waals surface area contributed by atoms with E-state index < -0.39 is 0 Å². The summed E-state index contributed by atoms with van der Waals surface area (Å²) in [5, 5.41) is 4.40. The van der Waals surface area contributed by atoms with Crippen molar-refractivity contribution < 1.29 is 4.74 Å². The molecule has 1 N–H and O–H groups in total. The predicted octanol–water partition coefficient (Wildman–Crippen LogP) is 3.17. The standard InChI is InChI=1S/C13H18ClNO/c1-9(11-5-3-4-6-12(11)14)15-13-7-8-16-10(13)2/h3-6,9-10,13,15H,7-8H2,1-2H3. The molecule has 3 heteroatoms. The quantitative estimate of drug-likeness (QED) is 0.875. The van der Waals surface area contributed by atoms with Gasteiger partial charge >= 0.3 is 0 Å². The normalized spacial score (nSPS) is 26.9. The van der Waals surface area contributed by atoms with Gasteiger partial charge in [-0.2, -0.15) is 0 Å². The minimum atomic E-state index is 0.267. The Bertz CT molecular complexity index is 356. The van der Waals surface area contributed by atoms with E-state index in [1.165, 1.54) is 0 Å². The lowest BCUT2D eigenvalue weighted by molar-refractivity contribution is 0.111. The Morgan fingerprint density at radius 2 is 2.19 bits per heavy atom. The highest BCUT2D eigenvalue weighted by Gasteiger charge is 2.25. The van der Waals surface area contributed by atoms with Crippen molar-refractivity contribution in [1.82, 2.24) is 5.32 Å². The molecular weight excluding hydrogens is 222 g/mol. The van der Waals surface area contributed by atoms with Crippen LogP contribution >= 0.6 is 11.6 Å². The number of nitrogens with one attached hydrogen (secondary N) is 1. The monoisotopic (exact) mass is 239 g/mol. The van der Waals surface area contributed by atoms with Crippen molar-refractivity contribution in [2.24, 2.45) is 0 Å². The molecule has 3 unspecified atom stereocenters. The number of benzene rings is 1. The lowest BCUT2D eigenvalue weighted by Crippen LogP contribution is -2.36. The number of hydrogen-bond acceptors (Lipinski definition) is 2. The maximum absolute atomic E-state index is 6.17.